The summed E-state index contributed by atoms with van der Waals surface area (Å²) in [5.41, 5.74) is 7.25. The summed E-state index contributed by atoms with van der Waals surface area (Å²) in [5, 5.41) is 0. The molecule has 0 aliphatic carbocycles. The van der Waals surface area contributed by atoms with Crippen molar-refractivity contribution in [2.45, 2.75) is 4.90 Å². The van der Waals surface area contributed by atoms with Gasteiger partial charge in [0.1, 0.15) is 0 Å². The Hall–Kier alpha value is -0.960. The lowest BCUT2D eigenvalue weighted by Crippen LogP contribution is -1.89. The van der Waals surface area contributed by atoms with Gasteiger partial charge in [0.15, 0.2) is 0 Å². The van der Waals surface area contributed by atoms with Crippen LogP contribution in [0.2, 0.25) is 0 Å². The van der Waals surface area contributed by atoms with Crippen molar-refractivity contribution in [1.29, 1.82) is 0 Å². The molecule has 0 aliphatic rings. The van der Waals surface area contributed by atoms with E-state index in [9.17, 15) is 0 Å². The molecule has 0 radical (unpaired) electrons. The van der Waals surface area contributed by atoms with E-state index in [1.165, 1.54) is 0 Å². The van der Waals surface area contributed by atoms with Gasteiger partial charge in [-0.1, -0.05) is 0 Å². The van der Waals surface area contributed by atoms with E-state index in [0.29, 0.717) is 0 Å². The van der Waals surface area contributed by atoms with Crippen LogP contribution in [0.5, 0.6) is 0 Å². The van der Waals surface area contributed by atoms with Crippen LogP contribution in [0, 0.1) is 0 Å². The highest BCUT2D eigenvalue weighted by Crippen LogP contribution is 2.14. The lowest BCUT2D eigenvalue weighted by Gasteiger charge is -1.98. The number of thiol groups is 1. The number of rotatable bonds is 1. The summed E-state index contributed by atoms with van der Waals surface area (Å²) < 4.78 is 0. The molecule has 0 saturated carbocycles. The predicted octanol–water partition coefficient (Wildman–Crippen LogP) is 1.61. The number of aliphatic imine (C=N–C) groups is 1. The van der Waals surface area contributed by atoms with Gasteiger partial charge in [0.2, 0.25) is 0 Å². The van der Waals surface area contributed by atoms with E-state index in [0.717, 1.165) is 16.1 Å². The van der Waals surface area contributed by atoms with Crippen molar-refractivity contribution < 1.29 is 0 Å². The van der Waals surface area contributed by atoms with E-state index in [1.54, 1.807) is 13.3 Å². The molecule has 1 aromatic rings. The van der Waals surface area contributed by atoms with E-state index in [2.05, 4.69) is 17.6 Å². The summed E-state index contributed by atoms with van der Waals surface area (Å²) in [6, 6.07) is 5.51. The van der Waals surface area contributed by atoms with Gasteiger partial charge in [-0.2, -0.15) is 0 Å². The molecule has 0 unspecified atom stereocenters. The fourth-order valence-electron chi connectivity index (χ4n) is 0.815. The van der Waals surface area contributed by atoms with Crippen LogP contribution in [0.1, 0.15) is 5.56 Å². The van der Waals surface area contributed by atoms with E-state index in [-0.39, 0.29) is 0 Å². The van der Waals surface area contributed by atoms with Crippen LogP contribution in [0.25, 0.3) is 0 Å². The van der Waals surface area contributed by atoms with Crippen LogP contribution in [-0.2, 0) is 0 Å². The summed E-state index contributed by atoms with van der Waals surface area (Å²) in [6.07, 6.45) is 1.73. The predicted molar refractivity (Wildman–Crippen MR) is 51.6 cm³/mol. The van der Waals surface area contributed by atoms with Gasteiger partial charge in [0.05, 0.1) is 0 Å². The molecule has 1 aromatic carbocycles. The molecule has 0 saturated heterocycles. The Kier molecular flexibility index (Phi) is 2.54. The van der Waals surface area contributed by atoms with Gasteiger partial charge in [-0.25, -0.2) is 0 Å². The second-order valence-corrected chi connectivity index (χ2v) is 2.69. The SMILES string of the molecule is CN=Cc1cc(N)ccc1S. The van der Waals surface area contributed by atoms with Crippen LogP contribution < -0.4 is 5.73 Å². The van der Waals surface area contributed by atoms with Gasteiger partial charge in [0, 0.05) is 29.4 Å². The summed E-state index contributed by atoms with van der Waals surface area (Å²) in [4.78, 5) is 4.77. The standard InChI is InChI=1S/C8H10N2S/c1-10-5-6-4-7(9)2-3-8(6)11/h2-5,11H,9H2,1H3. The van der Waals surface area contributed by atoms with Crippen molar-refractivity contribution in [3.8, 4) is 0 Å². The van der Waals surface area contributed by atoms with E-state index in [4.69, 9.17) is 5.73 Å². The Morgan fingerprint density at radius 2 is 2.27 bits per heavy atom. The maximum Gasteiger partial charge on any atom is 0.0321 e. The third kappa shape index (κ3) is 1.98. The molecule has 3 heteroatoms. The third-order valence-corrected chi connectivity index (χ3v) is 1.73. The first-order valence-corrected chi connectivity index (χ1v) is 3.69. The monoisotopic (exact) mass is 166 g/mol. The van der Waals surface area contributed by atoms with Gasteiger partial charge in [0.25, 0.3) is 0 Å². The summed E-state index contributed by atoms with van der Waals surface area (Å²) >= 11 is 4.23. The second-order valence-electron chi connectivity index (χ2n) is 2.21. The zero-order valence-corrected chi connectivity index (χ0v) is 7.18. The summed E-state index contributed by atoms with van der Waals surface area (Å²) in [6.45, 7) is 0. The van der Waals surface area contributed by atoms with Crippen LogP contribution in [0.4, 0.5) is 5.69 Å². The van der Waals surface area contributed by atoms with Crippen molar-refractivity contribution in [2.75, 3.05) is 12.8 Å². The van der Waals surface area contributed by atoms with E-state index < -0.39 is 0 Å². The average Bonchev–Trinajstić information content (AvgIpc) is 1.98. The maximum absolute atomic E-state index is 5.56. The van der Waals surface area contributed by atoms with Gasteiger partial charge in [-0.3, -0.25) is 4.99 Å². The number of nitrogen functional groups attached to an aromatic ring is 1. The molecular weight excluding hydrogens is 156 g/mol. The Morgan fingerprint density at radius 1 is 1.55 bits per heavy atom. The highest BCUT2D eigenvalue weighted by Gasteiger charge is 1.94. The number of benzene rings is 1. The minimum absolute atomic E-state index is 0.734. The quantitative estimate of drug-likeness (QED) is 0.371. The molecule has 0 aliphatic heterocycles. The zero-order valence-electron chi connectivity index (χ0n) is 6.28. The molecule has 0 aromatic heterocycles. The van der Waals surface area contributed by atoms with Gasteiger partial charge in [-0.15, -0.1) is 12.6 Å². The number of anilines is 1. The van der Waals surface area contributed by atoms with Crippen molar-refractivity contribution in [3.05, 3.63) is 23.8 Å². The van der Waals surface area contributed by atoms with Crippen LogP contribution in [-0.4, -0.2) is 13.3 Å². The highest BCUT2D eigenvalue weighted by atomic mass is 32.1. The van der Waals surface area contributed by atoms with Crippen molar-refractivity contribution >= 4 is 24.5 Å². The van der Waals surface area contributed by atoms with Crippen molar-refractivity contribution in [2.24, 2.45) is 4.99 Å². The molecular formula is C8H10N2S. The number of hydrogen-bond donors (Lipinski definition) is 2. The molecule has 2 N–H and O–H groups in total. The first-order chi connectivity index (χ1) is 5.24. The first-order valence-electron chi connectivity index (χ1n) is 3.24. The first kappa shape index (κ1) is 8.14. The van der Waals surface area contributed by atoms with Crippen molar-refractivity contribution in [1.82, 2.24) is 0 Å². The molecule has 0 fully saturated rings. The van der Waals surface area contributed by atoms with Gasteiger partial charge < -0.3 is 5.73 Å². The minimum atomic E-state index is 0.734. The van der Waals surface area contributed by atoms with Crippen LogP contribution >= 0.6 is 12.6 Å². The molecule has 0 atom stereocenters. The lowest BCUT2D eigenvalue weighted by atomic mass is 10.2. The van der Waals surface area contributed by atoms with Crippen LogP contribution in [0.3, 0.4) is 0 Å². The average molecular weight is 166 g/mol. The molecule has 58 valence electrons. The normalized spacial score (nSPS) is 10.7. The molecule has 0 heterocycles. The summed E-state index contributed by atoms with van der Waals surface area (Å²) in [5.74, 6) is 0. The Morgan fingerprint density at radius 3 is 2.91 bits per heavy atom. The number of nitrogens with two attached hydrogens (primary N) is 1. The molecule has 1 rings (SSSR count). The molecule has 0 spiro atoms. The van der Waals surface area contributed by atoms with Gasteiger partial charge in [-0.05, 0) is 18.2 Å². The fourth-order valence-corrected chi connectivity index (χ4v) is 1.01. The Labute approximate surface area is 71.6 Å². The fraction of sp³-hybridized carbons (Fsp3) is 0.125. The van der Waals surface area contributed by atoms with Gasteiger partial charge >= 0.3 is 0 Å². The molecule has 0 amide bonds. The zero-order chi connectivity index (χ0) is 8.27. The number of nitrogens with zero attached hydrogens (tertiary/aromatic N) is 1. The smallest absolute Gasteiger partial charge is 0.0321 e. The lowest BCUT2D eigenvalue weighted by molar-refractivity contribution is 1.40. The largest absolute Gasteiger partial charge is 0.399 e. The molecule has 11 heavy (non-hydrogen) atoms. The Bertz CT molecular complexity index is 281. The maximum atomic E-state index is 5.56. The minimum Gasteiger partial charge on any atom is -0.399 e. The Balaban J connectivity index is 3.12. The van der Waals surface area contributed by atoms with E-state index in [1.807, 2.05) is 18.2 Å². The van der Waals surface area contributed by atoms with Crippen molar-refractivity contribution in [3.63, 3.8) is 0 Å². The highest BCUT2D eigenvalue weighted by molar-refractivity contribution is 7.80. The molecule has 2 nitrogen and oxygen atoms in total. The summed E-state index contributed by atoms with van der Waals surface area (Å²) in [7, 11) is 1.72. The second kappa shape index (κ2) is 3.44. The molecule has 0 bridgehead atoms. The number of hydrogen-bond acceptors (Lipinski definition) is 3. The third-order valence-electron chi connectivity index (χ3n) is 1.32. The topological polar surface area (TPSA) is 38.4 Å². The van der Waals surface area contributed by atoms with Crippen LogP contribution in [0.15, 0.2) is 28.1 Å². The van der Waals surface area contributed by atoms with E-state index >= 15 is 0 Å².